The lowest BCUT2D eigenvalue weighted by molar-refractivity contribution is 0.354. The average molecular weight is 310 g/mol. The summed E-state index contributed by atoms with van der Waals surface area (Å²) < 4.78 is 12.6. The van der Waals surface area contributed by atoms with Crippen molar-refractivity contribution in [2.75, 3.05) is 20.8 Å². The number of nitrogens with one attached hydrogen (secondary N) is 1. The van der Waals surface area contributed by atoms with Gasteiger partial charge in [-0.15, -0.1) is 0 Å². The topological polar surface area (TPSA) is 48.3 Å². The lowest BCUT2D eigenvalue weighted by atomic mass is 10.2. The predicted molar refractivity (Wildman–Crippen MR) is 83.1 cm³/mol. The number of rotatable bonds is 8. The summed E-state index contributed by atoms with van der Waals surface area (Å²) in [6.45, 7) is 2.55. The van der Waals surface area contributed by atoms with Crippen molar-refractivity contribution in [1.29, 1.82) is 0 Å². The minimum absolute atomic E-state index is 0.580. The zero-order valence-corrected chi connectivity index (χ0v) is 13.1. The number of ether oxygens (including phenoxy) is 2. The Morgan fingerprint density at radius 2 is 2.14 bits per heavy atom. The van der Waals surface area contributed by atoms with Crippen LogP contribution in [0, 0.1) is 0 Å². The summed E-state index contributed by atoms with van der Waals surface area (Å²) in [5.74, 6) is 1.23. The second-order valence-corrected chi connectivity index (χ2v) is 4.98. The molecule has 0 atom stereocenters. The van der Waals surface area contributed by atoms with Gasteiger partial charge in [0.1, 0.15) is 0 Å². The van der Waals surface area contributed by atoms with Crippen LogP contribution in [0.25, 0.3) is 0 Å². The summed E-state index contributed by atoms with van der Waals surface area (Å²) in [5, 5.41) is 3.98. The first-order chi connectivity index (χ1) is 10.3. The smallest absolute Gasteiger partial charge is 0.179 e. The number of nitrogens with zero attached hydrogens (tertiary/aromatic N) is 2. The van der Waals surface area contributed by atoms with Crippen LogP contribution < -0.4 is 14.8 Å². The van der Waals surface area contributed by atoms with Crippen LogP contribution in [0.3, 0.4) is 0 Å². The second-order valence-electron chi connectivity index (χ2n) is 4.61. The molecule has 1 aromatic heterocycles. The first-order valence-electron chi connectivity index (χ1n) is 6.82. The Labute approximate surface area is 129 Å². The highest BCUT2D eigenvalue weighted by atomic mass is 35.5. The van der Waals surface area contributed by atoms with Crippen molar-refractivity contribution >= 4 is 11.6 Å². The Morgan fingerprint density at radius 3 is 2.81 bits per heavy atom. The van der Waals surface area contributed by atoms with E-state index in [1.165, 1.54) is 0 Å². The van der Waals surface area contributed by atoms with Crippen molar-refractivity contribution in [3.8, 4) is 11.5 Å². The highest BCUT2D eigenvalue weighted by molar-refractivity contribution is 6.33. The Hall–Kier alpha value is -1.72. The van der Waals surface area contributed by atoms with E-state index in [1.807, 2.05) is 24.7 Å². The van der Waals surface area contributed by atoms with Crippen LogP contribution in [0.2, 0.25) is 5.02 Å². The van der Waals surface area contributed by atoms with Crippen LogP contribution in [0.5, 0.6) is 11.5 Å². The van der Waals surface area contributed by atoms with E-state index in [2.05, 4.69) is 14.9 Å². The van der Waals surface area contributed by atoms with E-state index in [0.717, 1.165) is 25.1 Å². The molecule has 0 radical (unpaired) electrons. The van der Waals surface area contributed by atoms with E-state index in [-0.39, 0.29) is 0 Å². The molecule has 1 heterocycles. The van der Waals surface area contributed by atoms with Crippen molar-refractivity contribution < 1.29 is 9.47 Å². The number of imidazole rings is 1. The largest absolute Gasteiger partial charge is 0.493 e. The molecular weight excluding hydrogens is 290 g/mol. The van der Waals surface area contributed by atoms with Gasteiger partial charge in [-0.05, 0) is 24.6 Å². The highest BCUT2D eigenvalue weighted by Crippen LogP contribution is 2.37. The molecular formula is C15H20ClN3O2. The summed E-state index contributed by atoms with van der Waals surface area (Å²) in [5.41, 5.74) is 0.997. The molecule has 114 valence electrons. The second kappa shape index (κ2) is 7.90. The molecule has 0 unspecified atom stereocenters. The van der Waals surface area contributed by atoms with Crippen molar-refractivity contribution in [3.05, 3.63) is 41.4 Å². The minimum Gasteiger partial charge on any atom is -0.493 e. The fourth-order valence-corrected chi connectivity index (χ4v) is 2.40. The number of halogens is 1. The lowest BCUT2D eigenvalue weighted by Gasteiger charge is -2.13. The van der Waals surface area contributed by atoms with E-state index >= 15 is 0 Å². The van der Waals surface area contributed by atoms with Gasteiger partial charge in [-0.1, -0.05) is 17.7 Å². The zero-order chi connectivity index (χ0) is 15.1. The van der Waals surface area contributed by atoms with Crippen molar-refractivity contribution in [3.63, 3.8) is 0 Å². The Kier molecular flexibility index (Phi) is 5.90. The molecule has 0 aliphatic rings. The maximum absolute atomic E-state index is 6.33. The van der Waals surface area contributed by atoms with E-state index < -0.39 is 0 Å². The van der Waals surface area contributed by atoms with Crippen LogP contribution in [-0.4, -0.2) is 30.3 Å². The van der Waals surface area contributed by atoms with Gasteiger partial charge in [-0.2, -0.15) is 0 Å². The van der Waals surface area contributed by atoms with E-state index in [4.69, 9.17) is 21.1 Å². The van der Waals surface area contributed by atoms with Gasteiger partial charge < -0.3 is 19.4 Å². The van der Waals surface area contributed by atoms with Gasteiger partial charge in [0, 0.05) is 25.5 Å². The fourth-order valence-electron chi connectivity index (χ4n) is 2.10. The minimum atomic E-state index is 0.580. The average Bonchev–Trinajstić information content (AvgIpc) is 3.01. The zero-order valence-electron chi connectivity index (χ0n) is 12.3. The lowest BCUT2D eigenvalue weighted by Crippen LogP contribution is -2.16. The van der Waals surface area contributed by atoms with Crippen molar-refractivity contribution in [2.45, 2.75) is 19.5 Å². The van der Waals surface area contributed by atoms with Gasteiger partial charge in [0.2, 0.25) is 0 Å². The van der Waals surface area contributed by atoms with Gasteiger partial charge in [-0.3, -0.25) is 0 Å². The van der Waals surface area contributed by atoms with Gasteiger partial charge in [0.15, 0.2) is 11.5 Å². The Balaban J connectivity index is 1.83. The molecule has 0 aliphatic carbocycles. The number of aromatic nitrogens is 2. The van der Waals surface area contributed by atoms with Gasteiger partial charge >= 0.3 is 0 Å². The normalized spacial score (nSPS) is 10.6. The Morgan fingerprint density at radius 1 is 1.29 bits per heavy atom. The maximum Gasteiger partial charge on any atom is 0.179 e. The molecule has 0 spiro atoms. The molecule has 21 heavy (non-hydrogen) atoms. The molecule has 6 heteroatoms. The highest BCUT2D eigenvalue weighted by Gasteiger charge is 2.12. The summed E-state index contributed by atoms with van der Waals surface area (Å²) >= 11 is 6.33. The van der Waals surface area contributed by atoms with E-state index in [1.54, 1.807) is 20.4 Å². The molecule has 0 aliphatic heterocycles. The number of hydrogen-bond acceptors (Lipinski definition) is 4. The number of hydrogen-bond donors (Lipinski definition) is 1. The van der Waals surface area contributed by atoms with Gasteiger partial charge in [-0.25, -0.2) is 4.98 Å². The third-order valence-corrected chi connectivity index (χ3v) is 3.62. The molecule has 2 rings (SSSR count). The maximum atomic E-state index is 6.33. The van der Waals surface area contributed by atoms with Crippen molar-refractivity contribution in [2.24, 2.45) is 0 Å². The number of methoxy groups -OCH3 is 2. The van der Waals surface area contributed by atoms with E-state index in [9.17, 15) is 0 Å². The van der Waals surface area contributed by atoms with Crippen molar-refractivity contribution in [1.82, 2.24) is 14.9 Å². The molecule has 1 aromatic carbocycles. The molecule has 5 nitrogen and oxygen atoms in total. The third kappa shape index (κ3) is 4.12. The van der Waals surface area contributed by atoms with Crippen LogP contribution in [0.4, 0.5) is 0 Å². The first-order valence-corrected chi connectivity index (χ1v) is 7.20. The molecule has 0 bridgehead atoms. The van der Waals surface area contributed by atoms with E-state index in [0.29, 0.717) is 23.1 Å². The fraction of sp³-hybridized carbons (Fsp3) is 0.400. The summed E-state index contributed by atoms with van der Waals surface area (Å²) in [6, 6.07) is 3.82. The molecule has 0 amide bonds. The monoisotopic (exact) mass is 309 g/mol. The molecule has 0 saturated carbocycles. The predicted octanol–water partition coefficient (Wildman–Crippen LogP) is 2.73. The molecule has 1 N–H and O–H groups in total. The molecule has 0 saturated heterocycles. The van der Waals surface area contributed by atoms with Crippen LogP contribution in [-0.2, 0) is 13.1 Å². The third-order valence-electron chi connectivity index (χ3n) is 3.21. The van der Waals surface area contributed by atoms with Gasteiger partial charge in [0.05, 0.1) is 25.6 Å². The summed E-state index contributed by atoms with van der Waals surface area (Å²) in [6.07, 6.45) is 6.61. The quantitative estimate of drug-likeness (QED) is 0.762. The SMILES string of the molecule is COc1ccc(CNCCCn2ccnc2)c(Cl)c1OC. The number of benzene rings is 1. The molecule has 2 aromatic rings. The summed E-state index contributed by atoms with van der Waals surface area (Å²) in [7, 11) is 3.19. The summed E-state index contributed by atoms with van der Waals surface area (Å²) in [4.78, 5) is 4.02. The van der Waals surface area contributed by atoms with Crippen LogP contribution in [0.1, 0.15) is 12.0 Å². The standard InChI is InChI=1S/C15H20ClN3O2/c1-20-13-5-4-12(14(16)15(13)21-2)10-17-6-3-8-19-9-7-18-11-19/h4-5,7,9,11,17H,3,6,8,10H2,1-2H3. The van der Waals surface area contributed by atoms with Crippen LogP contribution >= 0.6 is 11.6 Å². The Bertz CT molecular complexity index is 558. The first kappa shape index (κ1) is 15.7. The molecule has 0 fully saturated rings. The van der Waals surface area contributed by atoms with Gasteiger partial charge in [0.25, 0.3) is 0 Å². The van der Waals surface area contributed by atoms with Crippen LogP contribution in [0.15, 0.2) is 30.9 Å². The number of aryl methyl sites for hydroxylation is 1.